The smallest absolute Gasteiger partial charge is 0.246 e. The Hall–Kier alpha value is 0.200. The van der Waals surface area contributed by atoms with Gasteiger partial charge in [-0.25, -0.2) is 4.39 Å². The van der Waals surface area contributed by atoms with E-state index in [0.29, 0.717) is 0 Å². The lowest BCUT2D eigenvalue weighted by molar-refractivity contribution is -0.144. The van der Waals surface area contributed by atoms with Gasteiger partial charge >= 0.3 is 6.18 Å². The molecule has 0 aromatic carbocycles. The fourth-order valence-electron chi connectivity index (χ4n) is 0.306. The Labute approximate surface area is 58.4 Å². The molecule has 0 rings (SSSR count). The van der Waals surface area contributed by atoms with E-state index in [1.54, 1.807) is 0 Å². The molecule has 0 N–H and O–H groups in total. The van der Waals surface area contributed by atoms with Crippen molar-refractivity contribution in [3.8, 4) is 0 Å². The molecule has 9 heavy (non-hydrogen) atoms. The molecule has 0 aliphatic rings. The highest BCUT2D eigenvalue weighted by Crippen LogP contribution is 2.23. The Bertz CT molecular complexity index is 79.1. The summed E-state index contributed by atoms with van der Waals surface area (Å²) in [6.07, 6.45) is -7.56. The van der Waals surface area contributed by atoms with Crippen LogP contribution in [-0.2, 0) is 0 Å². The molecular weight excluding hydrogens is 204 g/mol. The molecule has 5 heteroatoms. The number of hydrogen-bond donors (Lipinski definition) is 0. The van der Waals surface area contributed by atoms with Gasteiger partial charge in [0.1, 0.15) is 6.17 Å². The zero-order valence-electron chi connectivity index (χ0n) is 4.38. The molecule has 0 radical (unpaired) electrons. The summed E-state index contributed by atoms with van der Waals surface area (Å²) >= 11 is 2.59. The van der Waals surface area contributed by atoms with Gasteiger partial charge in [0.2, 0.25) is 0 Å². The molecule has 56 valence electrons. The first kappa shape index (κ1) is 9.20. The van der Waals surface area contributed by atoms with Crippen LogP contribution in [0.1, 0.15) is 6.42 Å². The van der Waals surface area contributed by atoms with Crippen molar-refractivity contribution in [2.75, 3.05) is 5.33 Å². The normalized spacial score (nSPS) is 15.7. The second-order valence-corrected chi connectivity index (χ2v) is 2.22. The Balaban J connectivity index is 3.47. The van der Waals surface area contributed by atoms with Crippen molar-refractivity contribution in [1.82, 2.24) is 0 Å². The largest absolute Gasteiger partial charge is 0.391 e. The van der Waals surface area contributed by atoms with E-state index in [9.17, 15) is 17.6 Å². The molecule has 0 heterocycles. The molecule has 0 aliphatic carbocycles. The van der Waals surface area contributed by atoms with Crippen LogP contribution >= 0.6 is 15.9 Å². The minimum Gasteiger partial charge on any atom is -0.246 e. The van der Waals surface area contributed by atoms with Crippen LogP contribution in [0.15, 0.2) is 0 Å². The number of rotatable bonds is 2. The summed E-state index contributed by atoms with van der Waals surface area (Å²) in [7, 11) is 0. The zero-order valence-corrected chi connectivity index (χ0v) is 5.97. The molecule has 0 amide bonds. The van der Waals surface area contributed by atoms with E-state index in [0.717, 1.165) is 0 Å². The van der Waals surface area contributed by atoms with E-state index in [2.05, 4.69) is 15.9 Å². The minimum absolute atomic E-state index is 0.257. The number of halogens is 5. The fourth-order valence-corrected chi connectivity index (χ4v) is 0.535. The zero-order chi connectivity index (χ0) is 7.49. The molecule has 0 saturated carbocycles. The minimum atomic E-state index is -4.38. The van der Waals surface area contributed by atoms with Gasteiger partial charge in [-0.15, -0.1) is 0 Å². The summed E-state index contributed by atoms with van der Waals surface area (Å²) in [5, 5.41) is -0.257. The van der Waals surface area contributed by atoms with Gasteiger partial charge in [0.05, 0.1) is 6.42 Å². The van der Waals surface area contributed by atoms with Crippen molar-refractivity contribution in [3.05, 3.63) is 0 Å². The highest BCUT2D eigenvalue weighted by Gasteiger charge is 2.31. The summed E-state index contributed by atoms with van der Waals surface area (Å²) < 4.78 is 45.6. The van der Waals surface area contributed by atoms with E-state index < -0.39 is 18.8 Å². The molecule has 0 aliphatic heterocycles. The third-order valence-corrected chi connectivity index (χ3v) is 1.32. The Kier molecular flexibility index (Phi) is 3.46. The van der Waals surface area contributed by atoms with Crippen LogP contribution in [0.2, 0.25) is 0 Å². The first-order valence-electron chi connectivity index (χ1n) is 2.22. The van der Waals surface area contributed by atoms with E-state index >= 15 is 0 Å². The second-order valence-electron chi connectivity index (χ2n) is 1.57. The van der Waals surface area contributed by atoms with Crippen molar-refractivity contribution in [3.63, 3.8) is 0 Å². The summed E-state index contributed by atoms with van der Waals surface area (Å²) in [4.78, 5) is 0. The van der Waals surface area contributed by atoms with E-state index in [1.165, 1.54) is 0 Å². The van der Waals surface area contributed by atoms with Crippen LogP contribution in [0.5, 0.6) is 0 Å². The molecule has 0 aromatic heterocycles. The van der Waals surface area contributed by atoms with Crippen LogP contribution < -0.4 is 0 Å². The van der Waals surface area contributed by atoms with Crippen LogP contribution in [0.4, 0.5) is 17.6 Å². The molecule has 0 aromatic rings. The van der Waals surface area contributed by atoms with E-state index in [-0.39, 0.29) is 5.33 Å². The quantitative estimate of drug-likeness (QED) is 0.484. The maximum Gasteiger partial charge on any atom is 0.391 e. The number of hydrogen-bond acceptors (Lipinski definition) is 0. The Morgan fingerprint density at radius 1 is 1.33 bits per heavy atom. The van der Waals surface area contributed by atoms with E-state index in [4.69, 9.17) is 0 Å². The first-order valence-corrected chi connectivity index (χ1v) is 3.34. The lowest BCUT2D eigenvalue weighted by Gasteiger charge is -2.06. The summed E-state index contributed by atoms with van der Waals surface area (Å²) in [6.45, 7) is 0. The third kappa shape index (κ3) is 6.08. The fraction of sp³-hybridized carbons (Fsp3) is 1.00. The molecule has 0 nitrogen and oxygen atoms in total. The predicted octanol–water partition coefficient (Wildman–Crippen LogP) is 2.67. The molecular formula is C4H5BrF4. The highest BCUT2D eigenvalue weighted by atomic mass is 79.9. The van der Waals surface area contributed by atoms with Gasteiger partial charge in [0.15, 0.2) is 0 Å². The van der Waals surface area contributed by atoms with E-state index in [1.807, 2.05) is 0 Å². The van der Waals surface area contributed by atoms with Gasteiger partial charge in [-0.3, -0.25) is 0 Å². The molecule has 0 unspecified atom stereocenters. The molecule has 0 spiro atoms. The third-order valence-electron chi connectivity index (χ3n) is 0.620. The van der Waals surface area contributed by atoms with Crippen molar-refractivity contribution in [2.24, 2.45) is 0 Å². The van der Waals surface area contributed by atoms with Crippen LogP contribution in [0, 0.1) is 0 Å². The van der Waals surface area contributed by atoms with Crippen molar-refractivity contribution >= 4 is 15.9 Å². The Morgan fingerprint density at radius 3 is 1.89 bits per heavy atom. The maximum atomic E-state index is 11.9. The summed E-state index contributed by atoms with van der Waals surface area (Å²) in [5.41, 5.74) is 0. The average molecular weight is 209 g/mol. The molecule has 0 saturated heterocycles. The van der Waals surface area contributed by atoms with Gasteiger partial charge in [-0.2, -0.15) is 13.2 Å². The molecule has 0 bridgehead atoms. The van der Waals surface area contributed by atoms with Gasteiger partial charge in [-0.1, -0.05) is 15.9 Å². The number of alkyl halides is 5. The second kappa shape index (κ2) is 3.39. The van der Waals surface area contributed by atoms with Crippen LogP contribution in [0.3, 0.4) is 0 Å². The van der Waals surface area contributed by atoms with Gasteiger partial charge in [-0.05, 0) is 0 Å². The van der Waals surface area contributed by atoms with Crippen molar-refractivity contribution in [2.45, 2.75) is 18.8 Å². The SMILES string of the molecule is F[C@@H](CBr)CC(F)(F)F. The summed E-state index contributed by atoms with van der Waals surface area (Å²) in [5.74, 6) is 0. The lowest BCUT2D eigenvalue weighted by atomic mass is 10.3. The maximum absolute atomic E-state index is 11.9. The molecule has 0 fully saturated rings. The highest BCUT2D eigenvalue weighted by molar-refractivity contribution is 9.09. The van der Waals surface area contributed by atoms with Gasteiger partial charge < -0.3 is 0 Å². The van der Waals surface area contributed by atoms with Crippen LogP contribution in [0.25, 0.3) is 0 Å². The monoisotopic (exact) mass is 208 g/mol. The van der Waals surface area contributed by atoms with Crippen molar-refractivity contribution < 1.29 is 17.6 Å². The van der Waals surface area contributed by atoms with Crippen molar-refractivity contribution in [1.29, 1.82) is 0 Å². The Morgan fingerprint density at radius 2 is 1.78 bits per heavy atom. The molecule has 1 atom stereocenters. The first-order chi connectivity index (χ1) is 3.95. The standard InChI is InChI=1S/C4H5BrF4/c5-2-3(6)1-4(7,8)9/h3H,1-2H2/t3-/m1/s1. The topological polar surface area (TPSA) is 0 Å². The lowest BCUT2D eigenvalue weighted by Crippen LogP contribution is -2.16. The van der Waals surface area contributed by atoms with Gasteiger partial charge in [0, 0.05) is 5.33 Å². The van der Waals surface area contributed by atoms with Crippen LogP contribution in [-0.4, -0.2) is 17.7 Å². The predicted molar refractivity (Wildman–Crippen MR) is 29.4 cm³/mol. The average Bonchev–Trinajstić information content (AvgIpc) is 1.62. The summed E-state index contributed by atoms with van der Waals surface area (Å²) in [6, 6.07) is 0. The van der Waals surface area contributed by atoms with Gasteiger partial charge in [0.25, 0.3) is 0 Å².